The van der Waals surface area contributed by atoms with Crippen molar-refractivity contribution >= 4 is 11.0 Å². The van der Waals surface area contributed by atoms with E-state index in [0.29, 0.717) is 11.8 Å². The summed E-state index contributed by atoms with van der Waals surface area (Å²) in [5.41, 5.74) is -1.13. The molecule has 0 saturated carbocycles. The summed E-state index contributed by atoms with van der Waals surface area (Å²) in [7, 11) is 0. The molecule has 0 bridgehead atoms. The van der Waals surface area contributed by atoms with Crippen LogP contribution < -0.4 is 14.9 Å². The molecule has 2 aromatic carbocycles. The molecule has 2 unspecified atom stereocenters. The number of likely N-dealkylation sites (tertiary alicyclic amines) is 1. The second kappa shape index (κ2) is 9.81. The monoisotopic (exact) mass is 491 g/mol. The van der Waals surface area contributed by atoms with Crippen LogP contribution in [-0.4, -0.2) is 29.7 Å². The second-order valence-electron chi connectivity index (χ2n) is 9.15. The number of alkyl halides is 3. The molecule has 0 radical (unpaired) electrons. The molecule has 0 amide bonds. The average Bonchev–Trinajstić information content (AvgIpc) is 2.77. The number of ether oxygens (including phenoxy) is 2. The molecule has 188 valence electrons. The van der Waals surface area contributed by atoms with Crippen molar-refractivity contribution in [1.29, 1.82) is 0 Å². The highest BCUT2D eigenvalue weighted by Crippen LogP contribution is 2.41. The van der Waals surface area contributed by atoms with Crippen LogP contribution in [0.3, 0.4) is 0 Å². The largest absolute Gasteiger partial charge is 0.507 e. The Kier molecular flexibility index (Phi) is 6.98. The summed E-state index contributed by atoms with van der Waals surface area (Å²) in [5.74, 6) is -1.81. The van der Waals surface area contributed by atoms with Gasteiger partial charge in [-0.15, -0.1) is 0 Å². The Labute approximate surface area is 200 Å². The van der Waals surface area contributed by atoms with Crippen LogP contribution in [0.1, 0.15) is 38.5 Å². The van der Waals surface area contributed by atoms with Gasteiger partial charge in [-0.3, -0.25) is 9.69 Å². The Morgan fingerprint density at radius 3 is 2.37 bits per heavy atom. The molecule has 0 spiro atoms. The fraction of sp³-hybridized carbons (Fsp3) is 0.423. The lowest BCUT2D eigenvalue weighted by Crippen LogP contribution is -2.38. The molecule has 1 N–H and O–H groups in total. The van der Waals surface area contributed by atoms with Gasteiger partial charge in [0.05, 0.1) is 17.6 Å². The number of para-hydroxylation sites is 2. The van der Waals surface area contributed by atoms with Crippen molar-refractivity contribution in [2.24, 2.45) is 11.8 Å². The molecule has 1 aliphatic rings. The fourth-order valence-corrected chi connectivity index (χ4v) is 4.78. The Balaban J connectivity index is 1.85. The van der Waals surface area contributed by atoms with Gasteiger partial charge in [0.2, 0.25) is 11.2 Å². The third kappa shape index (κ3) is 5.24. The zero-order chi connectivity index (χ0) is 25.3. The number of piperidine rings is 1. The number of phenolic OH excluding ortho intramolecular Hbond substituents is 1. The maximum atomic E-state index is 14.1. The normalized spacial score (nSPS) is 19.1. The summed E-state index contributed by atoms with van der Waals surface area (Å²) in [6.45, 7) is 7.81. The molecule has 1 aliphatic heterocycles. The van der Waals surface area contributed by atoms with Crippen LogP contribution in [0, 0.1) is 11.8 Å². The number of phenols is 1. The van der Waals surface area contributed by atoms with Gasteiger partial charge in [0.25, 0.3) is 5.76 Å². The maximum Gasteiger partial charge on any atom is 0.453 e. The van der Waals surface area contributed by atoms with Gasteiger partial charge in [-0.2, -0.15) is 13.2 Å². The molecular formula is C26H28F3NO5. The fourth-order valence-electron chi connectivity index (χ4n) is 4.78. The van der Waals surface area contributed by atoms with E-state index in [4.69, 9.17) is 13.9 Å². The van der Waals surface area contributed by atoms with Gasteiger partial charge in [-0.1, -0.05) is 26.0 Å². The van der Waals surface area contributed by atoms with Crippen LogP contribution in [0.25, 0.3) is 11.0 Å². The Bertz CT molecular complexity index is 1260. The van der Waals surface area contributed by atoms with Crippen LogP contribution in [0.5, 0.6) is 23.0 Å². The molecule has 9 heteroatoms. The van der Waals surface area contributed by atoms with Crippen molar-refractivity contribution in [3.8, 4) is 23.0 Å². The molecule has 4 rings (SSSR count). The van der Waals surface area contributed by atoms with Crippen LogP contribution in [-0.2, 0) is 12.7 Å². The van der Waals surface area contributed by atoms with Gasteiger partial charge >= 0.3 is 6.18 Å². The lowest BCUT2D eigenvalue weighted by molar-refractivity contribution is -0.154. The smallest absolute Gasteiger partial charge is 0.453 e. The molecule has 2 heterocycles. The predicted octanol–water partition coefficient (Wildman–Crippen LogP) is 6.19. The van der Waals surface area contributed by atoms with Gasteiger partial charge in [0, 0.05) is 19.6 Å². The molecule has 0 aliphatic carbocycles. The maximum absolute atomic E-state index is 14.1. The molecule has 1 saturated heterocycles. The first-order valence-corrected chi connectivity index (χ1v) is 11.6. The summed E-state index contributed by atoms with van der Waals surface area (Å²) in [6, 6.07) is 8.70. The second-order valence-corrected chi connectivity index (χ2v) is 9.15. The summed E-state index contributed by atoms with van der Waals surface area (Å²) < 4.78 is 58.5. The Morgan fingerprint density at radius 1 is 1.09 bits per heavy atom. The number of benzene rings is 2. The van der Waals surface area contributed by atoms with Crippen molar-refractivity contribution in [1.82, 2.24) is 4.90 Å². The first-order chi connectivity index (χ1) is 16.6. The topological polar surface area (TPSA) is 72.1 Å². The highest BCUT2D eigenvalue weighted by molar-refractivity contribution is 5.83. The highest BCUT2D eigenvalue weighted by Gasteiger charge is 2.41. The van der Waals surface area contributed by atoms with Crippen molar-refractivity contribution in [2.75, 3.05) is 19.7 Å². The molecule has 3 aromatic rings. The minimum Gasteiger partial charge on any atom is -0.507 e. The van der Waals surface area contributed by atoms with Crippen LogP contribution >= 0.6 is 0 Å². The quantitative estimate of drug-likeness (QED) is 0.444. The lowest BCUT2D eigenvalue weighted by Gasteiger charge is -2.35. The van der Waals surface area contributed by atoms with E-state index in [2.05, 4.69) is 18.7 Å². The van der Waals surface area contributed by atoms with Crippen molar-refractivity contribution < 1.29 is 32.2 Å². The minimum atomic E-state index is -5.01. The zero-order valence-corrected chi connectivity index (χ0v) is 19.8. The van der Waals surface area contributed by atoms with Crippen LogP contribution in [0.15, 0.2) is 45.6 Å². The standard InChI is InChI=1S/C26H28F3NO5/c1-4-33-20-7-5-6-8-21(20)34-24-22(32)17-9-10-19(31)18(23(17)35-25(24)26(27,28)29)14-30-12-15(2)11-16(3)13-30/h5-10,15-16,31H,4,11-14H2,1-3H3. The van der Waals surface area contributed by atoms with E-state index < -0.39 is 23.1 Å². The Hall–Kier alpha value is -3.20. The highest BCUT2D eigenvalue weighted by atomic mass is 19.4. The van der Waals surface area contributed by atoms with Crippen molar-refractivity contribution in [2.45, 2.75) is 39.9 Å². The number of halogens is 3. The van der Waals surface area contributed by atoms with Gasteiger partial charge in [0.1, 0.15) is 11.3 Å². The molecule has 2 atom stereocenters. The van der Waals surface area contributed by atoms with Gasteiger partial charge < -0.3 is 19.0 Å². The average molecular weight is 492 g/mol. The predicted molar refractivity (Wildman–Crippen MR) is 125 cm³/mol. The van der Waals surface area contributed by atoms with E-state index in [1.165, 1.54) is 24.3 Å². The van der Waals surface area contributed by atoms with Crippen molar-refractivity contribution in [3.05, 3.63) is 57.9 Å². The van der Waals surface area contributed by atoms with Crippen molar-refractivity contribution in [3.63, 3.8) is 0 Å². The third-order valence-electron chi connectivity index (χ3n) is 6.04. The van der Waals surface area contributed by atoms with E-state index in [1.807, 2.05) is 0 Å². The van der Waals surface area contributed by atoms with E-state index in [1.54, 1.807) is 19.1 Å². The van der Waals surface area contributed by atoms with E-state index in [0.717, 1.165) is 19.5 Å². The number of hydrogen-bond donors (Lipinski definition) is 1. The number of rotatable bonds is 6. The summed E-state index contributed by atoms with van der Waals surface area (Å²) in [6.07, 6.45) is -3.96. The summed E-state index contributed by atoms with van der Waals surface area (Å²) >= 11 is 0. The van der Waals surface area contributed by atoms with E-state index >= 15 is 0 Å². The third-order valence-corrected chi connectivity index (χ3v) is 6.04. The van der Waals surface area contributed by atoms with Gasteiger partial charge in [-0.25, -0.2) is 0 Å². The molecule has 35 heavy (non-hydrogen) atoms. The molecule has 1 fully saturated rings. The minimum absolute atomic E-state index is 0.0400. The van der Waals surface area contributed by atoms with Crippen LogP contribution in [0.2, 0.25) is 0 Å². The number of aromatic hydroxyl groups is 1. The zero-order valence-electron chi connectivity index (χ0n) is 19.8. The Morgan fingerprint density at radius 2 is 1.74 bits per heavy atom. The summed E-state index contributed by atoms with van der Waals surface area (Å²) in [5, 5.41) is 10.4. The molecule has 1 aromatic heterocycles. The van der Waals surface area contributed by atoms with Crippen LogP contribution in [0.4, 0.5) is 13.2 Å². The van der Waals surface area contributed by atoms with E-state index in [9.17, 15) is 23.1 Å². The van der Waals surface area contributed by atoms with E-state index in [-0.39, 0.29) is 46.9 Å². The molecule has 6 nitrogen and oxygen atoms in total. The number of fused-ring (bicyclic) bond motifs is 1. The number of hydrogen-bond acceptors (Lipinski definition) is 6. The first-order valence-electron chi connectivity index (χ1n) is 11.6. The lowest BCUT2D eigenvalue weighted by atomic mass is 9.91. The molecular weight excluding hydrogens is 463 g/mol. The number of nitrogens with zero attached hydrogens (tertiary/aromatic N) is 1. The van der Waals surface area contributed by atoms with Gasteiger partial charge in [0.15, 0.2) is 11.5 Å². The van der Waals surface area contributed by atoms with Gasteiger partial charge in [-0.05, 0) is 49.4 Å². The first kappa shape index (κ1) is 24.9. The summed E-state index contributed by atoms with van der Waals surface area (Å²) in [4.78, 5) is 15.4. The SMILES string of the molecule is CCOc1ccccc1Oc1c(C(F)(F)F)oc2c(CN3CC(C)CC(C)C3)c(O)ccc2c1=O.